The van der Waals surface area contributed by atoms with Gasteiger partial charge in [-0.05, 0) is 36.8 Å². The summed E-state index contributed by atoms with van der Waals surface area (Å²) in [6, 6.07) is 13.1. The summed E-state index contributed by atoms with van der Waals surface area (Å²) in [7, 11) is 1.68. The van der Waals surface area contributed by atoms with E-state index in [2.05, 4.69) is 0 Å². The second-order valence-corrected chi connectivity index (χ2v) is 7.92. The van der Waals surface area contributed by atoms with Crippen molar-refractivity contribution in [3.63, 3.8) is 0 Å². The Morgan fingerprint density at radius 1 is 1.10 bits per heavy atom. The van der Waals surface area contributed by atoms with E-state index in [9.17, 15) is 14.0 Å². The summed E-state index contributed by atoms with van der Waals surface area (Å²) < 4.78 is 13.3. The molecule has 5 rings (SSSR count). The van der Waals surface area contributed by atoms with Crippen molar-refractivity contribution in [3.8, 4) is 0 Å². The van der Waals surface area contributed by atoms with Crippen molar-refractivity contribution < 1.29 is 14.0 Å². The largest absolute Gasteiger partial charge is 0.328 e. The topological polar surface area (TPSA) is 59.5 Å². The minimum atomic E-state index is -0.558. The highest BCUT2D eigenvalue weighted by Crippen LogP contribution is 2.33. The third-order valence-electron chi connectivity index (χ3n) is 5.94. The van der Waals surface area contributed by atoms with Gasteiger partial charge in [0.25, 0.3) is 5.91 Å². The molecule has 0 N–H and O–H groups in total. The van der Waals surface area contributed by atoms with Crippen LogP contribution in [0.15, 0.2) is 53.5 Å². The molecule has 0 radical (unpaired) electrons. The Morgan fingerprint density at radius 3 is 2.60 bits per heavy atom. The van der Waals surface area contributed by atoms with E-state index in [4.69, 9.17) is 4.99 Å². The maximum Gasteiger partial charge on any atom is 0.328 e. The number of benzene rings is 2. The number of imide groups is 1. The van der Waals surface area contributed by atoms with E-state index in [1.165, 1.54) is 21.9 Å². The number of urea groups is 1. The van der Waals surface area contributed by atoms with Gasteiger partial charge in [-0.15, -0.1) is 0 Å². The fourth-order valence-electron chi connectivity index (χ4n) is 4.44. The van der Waals surface area contributed by atoms with Gasteiger partial charge in [0.15, 0.2) is 12.2 Å². The molecule has 3 aliphatic rings. The van der Waals surface area contributed by atoms with Gasteiger partial charge < -0.3 is 14.7 Å². The summed E-state index contributed by atoms with van der Waals surface area (Å²) in [6.07, 6.45) is -0.558. The number of fused-ring (bicyclic) bond motifs is 3. The zero-order chi connectivity index (χ0) is 21.0. The Kier molecular flexibility index (Phi) is 4.23. The SMILES string of the molecule is Cc1cccc(CN2C(=O)C3C(N=C4N(c5ccc(F)cc5)CCN43)N(C)C2=O)c1. The fourth-order valence-corrected chi connectivity index (χ4v) is 4.44. The van der Waals surface area contributed by atoms with Crippen LogP contribution in [0.4, 0.5) is 14.9 Å². The summed E-state index contributed by atoms with van der Waals surface area (Å²) in [5.41, 5.74) is 2.81. The molecule has 2 saturated heterocycles. The molecule has 2 aromatic carbocycles. The molecule has 0 aromatic heterocycles. The highest BCUT2D eigenvalue weighted by Gasteiger charge is 2.54. The molecule has 2 unspecified atom stereocenters. The van der Waals surface area contributed by atoms with Gasteiger partial charge in [-0.1, -0.05) is 29.8 Å². The second kappa shape index (κ2) is 6.83. The van der Waals surface area contributed by atoms with Crippen molar-refractivity contribution in [2.45, 2.75) is 25.7 Å². The van der Waals surface area contributed by atoms with Crippen LogP contribution in [0.25, 0.3) is 0 Å². The van der Waals surface area contributed by atoms with E-state index < -0.39 is 12.2 Å². The van der Waals surface area contributed by atoms with Crippen LogP contribution < -0.4 is 4.90 Å². The number of nitrogens with zero attached hydrogens (tertiary/aromatic N) is 5. The zero-order valence-corrected chi connectivity index (χ0v) is 16.8. The lowest BCUT2D eigenvalue weighted by atomic mass is 10.1. The van der Waals surface area contributed by atoms with Crippen molar-refractivity contribution in [2.75, 3.05) is 25.0 Å². The van der Waals surface area contributed by atoms with Crippen molar-refractivity contribution in [2.24, 2.45) is 4.99 Å². The standard InChI is InChI=1S/C22H22FN5O2/c1-14-4-3-5-15(12-14)13-28-20(29)18-19(25(2)22(28)30)24-21-26(10-11-27(18)21)17-8-6-16(23)7-9-17/h3-9,12,18-19H,10-11,13H2,1-2H3. The summed E-state index contributed by atoms with van der Waals surface area (Å²) >= 11 is 0. The lowest BCUT2D eigenvalue weighted by molar-refractivity contribution is -0.137. The Hall–Kier alpha value is -3.42. The van der Waals surface area contributed by atoms with Crippen molar-refractivity contribution >= 4 is 23.6 Å². The van der Waals surface area contributed by atoms with Gasteiger partial charge in [-0.2, -0.15) is 0 Å². The van der Waals surface area contributed by atoms with E-state index in [1.807, 2.05) is 41.0 Å². The van der Waals surface area contributed by atoms with Crippen LogP contribution in [-0.4, -0.2) is 64.9 Å². The average molecular weight is 407 g/mol. The number of anilines is 1. The van der Waals surface area contributed by atoms with Gasteiger partial charge >= 0.3 is 6.03 Å². The molecule has 30 heavy (non-hydrogen) atoms. The first kappa shape index (κ1) is 18.6. The molecule has 3 amide bonds. The van der Waals surface area contributed by atoms with Crippen LogP contribution in [-0.2, 0) is 11.3 Å². The van der Waals surface area contributed by atoms with E-state index in [-0.39, 0.29) is 24.3 Å². The number of halogens is 1. The van der Waals surface area contributed by atoms with E-state index in [0.717, 1.165) is 16.8 Å². The Morgan fingerprint density at radius 2 is 1.87 bits per heavy atom. The van der Waals surface area contributed by atoms with Gasteiger partial charge in [0.2, 0.25) is 5.96 Å². The molecule has 0 spiro atoms. The van der Waals surface area contributed by atoms with Crippen LogP contribution >= 0.6 is 0 Å². The smallest absolute Gasteiger partial charge is 0.325 e. The number of aliphatic imine (C=N–C) groups is 1. The number of amides is 3. The molecule has 2 fully saturated rings. The first-order valence-corrected chi connectivity index (χ1v) is 9.95. The number of aryl methyl sites for hydroxylation is 1. The van der Waals surface area contributed by atoms with Crippen LogP contribution in [0.5, 0.6) is 0 Å². The predicted molar refractivity (Wildman–Crippen MR) is 110 cm³/mol. The van der Waals surface area contributed by atoms with Crippen LogP contribution in [0.1, 0.15) is 11.1 Å². The van der Waals surface area contributed by atoms with Crippen LogP contribution in [0.2, 0.25) is 0 Å². The second-order valence-electron chi connectivity index (χ2n) is 7.92. The zero-order valence-electron chi connectivity index (χ0n) is 16.8. The highest BCUT2D eigenvalue weighted by molar-refractivity contribution is 6.07. The number of carbonyl (C=O) groups excluding carboxylic acids is 2. The molecule has 0 bridgehead atoms. The first-order valence-electron chi connectivity index (χ1n) is 9.95. The first-order chi connectivity index (χ1) is 14.4. The van der Waals surface area contributed by atoms with E-state index in [0.29, 0.717) is 19.0 Å². The molecule has 0 saturated carbocycles. The van der Waals surface area contributed by atoms with Crippen LogP contribution in [0.3, 0.4) is 0 Å². The van der Waals surface area contributed by atoms with Gasteiger partial charge in [0, 0.05) is 25.8 Å². The monoisotopic (exact) mass is 407 g/mol. The number of hydrogen-bond acceptors (Lipinski definition) is 5. The molecule has 2 atom stereocenters. The molecule has 7 nitrogen and oxygen atoms in total. The van der Waals surface area contributed by atoms with Gasteiger partial charge in [0.1, 0.15) is 5.82 Å². The molecule has 3 aliphatic heterocycles. The molecular formula is C22H22FN5O2. The Bertz CT molecular complexity index is 1050. The number of hydrogen-bond donors (Lipinski definition) is 0. The molecule has 3 heterocycles. The van der Waals surface area contributed by atoms with E-state index in [1.54, 1.807) is 19.2 Å². The Labute approximate surface area is 174 Å². The Balaban J connectivity index is 1.43. The number of likely N-dealkylation sites (N-methyl/N-ethyl adjacent to an activating group) is 1. The minimum Gasteiger partial charge on any atom is -0.325 e. The number of guanidine groups is 1. The number of carbonyl (C=O) groups is 2. The lowest BCUT2D eigenvalue weighted by Gasteiger charge is -2.40. The molecule has 8 heteroatoms. The maximum absolute atomic E-state index is 13.4. The fraction of sp³-hybridized carbons (Fsp3) is 0.318. The highest BCUT2D eigenvalue weighted by atomic mass is 19.1. The normalized spacial score (nSPS) is 23.1. The van der Waals surface area contributed by atoms with Crippen molar-refractivity contribution in [1.29, 1.82) is 0 Å². The average Bonchev–Trinajstić information content (AvgIpc) is 3.30. The molecule has 154 valence electrons. The van der Waals surface area contributed by atoms with Crippen LogP contribution in [0, 0.1) is 12.7 Å². The maximum atomic E-state index is 13.4. The third kappa shape index (κ3) is 2.82. The third-order valence-corrected chi connectivity index (χ3v) is 5.94. The number of rotatable bonds is 3. The summed E-state index contributed by atoms with van der Waals surface area (Å²) in [4.78, 5) is 37.8. The summed E-state index contributed by atoms with van der Waals surface area (Å²) in [6.45, 7) is 3.48. The minimum absolute atomic E-state index is 0.232. The van der Waals surface area contributed by atoms with Gasteiger partial charge in [-0.25, -0.2) is 14.2 Å². The molecular weight excluding hydrogens is 385 g/mol. The van der Waals surface area contributed by atoms with E-state index >= 15 is 0 Å². The van der Waals surface area contributed by atoms with Gasteiger partial charge in [0.05, 0.1) is 6.54 Å². The van der Waals surface area contributed by atoms with Gasteiger partial charge in [-0.3, -0.25) is 9.69 Å². The summed E-state index contributed by atoms with van der Waals surface area (Å²) in [5.74, 6) is 0.121. The quantitative estimate of drug-likeness (QED) is 0.784. The van der Waals surface area contributed by atoms with Crippen molar-refractivity contribution in [1.82, 2.24) is 14.7 Å². The molecule has 0 aliphatic carbocycles. The summed E-state index contributed by atoms with van der Waals surface area (Å²) in [5, 5.41) is 0. The lowest BCUT2D eigenvalue weighted by Crippen LogP contribution is -2.64. The molecule has 2 aromatic rings. The predicted octanol–water partition coefficient (Wildman–Crippen LogP) is 2.41. The van der Waals surface area contributed by atoms with Crippen molar-refractivity contribution in [3.05, 3.63) is 65.5 Å².